The minimum atomic E-state index is -0.425. The quantitative estimate of drug-likeness (QED) is 0.342. The molecule has 0 N–H and O–H groups in total. The molecule has 2 saturated heterocycles. The normalized spacial score (nSPS) is 16.2. The third kappa shape index (κ3) is 5.76. The van der Waals surface area contributed by atoms with E-state index in [1.807, 2.05) is 41.3 Å². The molecule has 0 bridgehead atoms. The van der Waals surface area contributed by atoms with Gasteiger partial charge in [-0.15, -0.1) is 0 Å². The number of methoxy groups -OCH3 is 1. The van der Waals surface area contributed by atoms with Crippen LogP contribution in [0.25, 0.3) is 0 Å². The van der Waals surface area contributed by atoms with Crippen LogP contribution in [-0.2, 0) is 4.74 Å². The summed E-state index contributed by atoms with van der Waals surface area (Å²) in [5, 5.41) is 12.1. The Kier molecular flexibility index (Phi) is 8.26. The van der Waals surface area contributed by atoms with Crippen LogP contribution in [0.3, 0.4) is 0 Å². The van der Waals surface area contributed by atoms with Crippen molar-refractivity contribution in [2.75, 3.05) is 64.4 Å². The predicted octanol–water partition coefficient (Wildman–Crippen LogP) is 4.03. The van der Waals surface area contributed by atoms with E-state index in [-0.39, 0.29) is 23.2 Å². The number of piperazine rings is 2. The Bertz CT molecular complexity index is 1300. The molecule has 10 nitrogen and oxygen atoms in total. The molecular formula is C30H33N5O5. The van der Waals surface area contributed by atoms with Crippen molar-refractivity contribution >= 4 is 23.4 Å². The van der Waals surface area contributed by atoms with Gasteiger partial charge in [-0.3, -0.25) is 19.8 Å². The van der Waals surface area contributed by atoms with Gasteiger partial charge in [0, 0.05) is 64.0 Å². The maximum atomic E-state index is 13.1. The number of rotatable bonds is 6. The average Bonchev–Trinajstić information content (AvgIpc) is 3.01. The highest BCUT2D eigenvalue weighted by Crippen LogP contribution is 2.34. The summed E-state index contributed by atoms with van der Waals surface area (Å²) in [6.07, 6.45) is -0.425. The van der Waals surface area contributed by atoms with Gasteiger partial charge in [0.2, 0.25) is 0 Å². The molecule has 3 aromatic rings. The number of carbonyl (C=O) groups excluding carboxylic acids is 2. The van der Waals surface area contributed by atoms with Crippen molar-refractivity contribution in [3.63, 3.8) is 0 Å². The number of anilines is 1. The van der Waals surface area contributed by atoms with Crippen molar-refractivity contribution in [2.24, 2.45) is 0 Å². The van der Waals surface area contributed by atoms with E-state index >= 15 is 0 Å². The van der Waals surface area contributed by atoms with Crippen LogP contribution in [0.15, 0.2) is 78.9 Å². The van der Waals surface area contributed by atoms with Gasteiger partial charge in [0.15, 0.2) is 0 Å². The van der Waals surface area contributed by atoms with Crippen LogP contribution >= 0.6 is 0 Å². The summed E-state index contributed by atoms with van der Waals surface area (Å²) < 4.78 is 4.75. The van der Waals surface area contributed by atoms with Crippen molar-refractivity contribution in [1.29, 1.82) is 0 Å². The molecule has 3 aromatic carbocycles. The van der Waals surface area contributed by atoms with Gasteiger partial charge >= 0.3 is 6.09 Å². The second-order valence-corrected chi connectivity index (χ2v) is 9.96. The molecule has 2 heterocycles. The number of benzene rings is 3. The smallest absolute Gasteiger partial charge is 0.409 e. The van der Waals surface area contributed by atoms with Crippen LogP contribution in [-0.4, -0.2) is 91.1 Å². The van der Waals surface area contributed by atoms with E-state index in [9.17, 15) is 19.7 Å². The van der Waals surface area contributed by atoms with Gasteiger partial charge in [-0.1, -0.05) is 60.7 Å². The third-order valence-corrected chi connectivity index (χ3v) is 7.67. The highest BCUT2D eigenvalue weighted by Gasteiger charge is 2.31. The fourth-order valence-corrected chi connectivity index (χ4v) is 5.58. The standard InChI is InChI=1S/C30H33N5O5/c1-40-30(37)34-20-18-33(19-21-34)29(36)25-12-13-26(27(22-25)35(38)39)31-14-16-32(17-15-31)28(23-8-4-2-5-9-23)24-10-6-3-7-11-24/h2-13,22,28H,14-21H2,1H3. The molecule has 0 atom stereocenters. The Labute approximate surface area is 233 Å². The lowest BCUT2D eigenvalue weighted by Gasteiger charge is -2.40. The average molecular weight is 544 g/mol. The van der Waals surface area contributed by atoms with Crippen molar-refractivity contribution in [1.82, 2.24) is 14.7 Å². The number of nitrogens with zero attached hydrogens (tertiary/aromatic N) is 5. The van der Waals surface area contributed by atoms with E-state index in [4.69, 9.17) is 4.74 Å². The highest BCUT2D eigenvalue weighted by atomic mass is 16.6. The Morgan fingerprint density at radius 2 is 1.32 bits per heavy atom. The summed E-state index contributed by atoms with van der Waals surface area (Å²) in [4.78, 5) is 44.2. The van der Waals surface area contributed by atoms with E-state index in [1.54, 1.807) is 17.0 Å². The van der Waals surface area contributed by atoms with Gasteiger partial charge in [0.05, 0.1) is 18.1 Å². The van der Waals surface area contributed by atoms with Crippen LogP contribution in [0.2, 0.25) is 0 Å². The number of hydrogen-bond donors (Lipinski definition) is 0. The van der Waals surface area contributed by atoms with Crippen molar-refractivity contribution in [3.8, 4) is 0 Å². The van der Waals surface area contributed by atoms with Crippen LogP contribution in [0.5, 0.6) is 0 Å². The van der Waals surface area contributed by atoms with E-state index in [1.165, 1.54) is 29.2 Å². The summed E-state index contributed by atoms with van der Waals surface area (Å²) in [5.74, 6) is -0.280. The fourth-order valence-electron chi connectivity index (χ4n) is 5.58. The monoisotopic (exact) mass is 543 g/mol. The van der Waals surface area contributed by atoms with Crippen LogP contribution in [0.1, 0.15) is 27.5 Å². The van der Waals surface area contributed by atoms with Crippen molar-refractivity contribution in [3.05, 3.63) is 106 Å². The van der Waals surface area contributed by atoms with Gasteiger partial charge in [-0.2, -0.15) is 0 Å². The molecule has 2 fully saturated rings. The molecule has 40 heavy (non-hydrogen) atoms. The van der Waals surface area contributed by atoms with Gasteiger partial charge in [-0.05, 0) is 23.3 Å². The van der Waals surface area contributed by atoms with Crippen LogP contribution < -0.4 is 4.90 Å². The largest absolute Gasteiger partial charge is 0.453 e. The summed E-state index contributed by atoms with van der Waals surface area (Å²) >= 11 is 0. The fraction of sp³-hybridized carbons (Fsp3) is 0.333. The van der Waals surface area contributed by atoms with Crippen LogP contribution in [0, 0.1) is 10.1 Å². The van der Waals surface area contributed by atoms with Gasteiger partial charge in [0.1, 0.15) is 5.69 Å². The first kappa shape index (κ1) is 27.1. The van der Waals surface area contributed by atoms with E-state index in [2.05, 4.69) is 29.2 Å². The number of nitro benzene ring substituents is 1. The molecule has 5 rings (SSSR count). The Balaban J connectivity index is 1.30. The number of ether oxygens (including phenoxy) is 1. The van der Waals surface area contributed by atoms with Gasteiger partial charge < -0.3 is 19.4 Å². The molecule has 0 aliphatic carbocycles. The third-order valence-electron chi connectivity index (χ3n) is 7.67. The summed E-state index contributed by atoms with van der Waals surface area (Å²) in [6, 6.07) is 25.6. The number of nitro groups is 1. The first-order chi connectivity index (χ1) is 19.5. The molecule has 0 unspecified atom stereocenters. The summed E-state index contributed by atoms with van der Waals surface area (Å²) in [7, 11) is 1.32. The Morgan fingerprint density at radius 1 is 0.775 bits per heavy atom. The molecule has 0 saturated carbocycles. The molecule has 0 spiro atoms. The lowest BCUT2D eigenvalue weighted by molar-refractivity contribution is -0.384. The second kappa shape index (κ2) is 12.2. The maximum absolute atomic E-state index is 13.1. The molecule has 208 valence electrons. The van der Waals surface area contributed by atoms with Crippen molar-refractivity contribution in [2.45, 2.75) is 6.04 Å². The summed E-state index contributed by atoms with van der Waals surface area (Å²) in [6.45, 7) is 4.11. The van der Waals surface area contributed by atoms with E-state index in [0.717, 1.165) is 13.1 Å². The molecule has 10 heteroatoms. The zero-order valence-electron chi connectivity index (χ0n) is 22.5. The summed E-state index contributed by atoms with van der Waals surface area (Å²) in [5.41, 5.74) is 3.14. The zero-order valence-corrected chi connectivity index (χ0v) is 22.5. The lowest BCUT2D eigenvalue weighted by atomic mass is 9.96. The molecule has 2 aliphatic heterocycles. The molecule has 0 aromatic heterocycles. The van der Waals surface area contributed by atoms with Gasteiger partial charge in [-0.25, -0.2) is 4.79 Å². The topological polar surface area (TPSA) is 99.5 Å². The lowest BCUT2D eigenvalue weighted by Crippen LogP contribution is -2.50. The molecule has 2 aliphatic rings. The van der Waals surface area contributed by atoms with E-state index in [0.29, 0.717) is 45.0 Å². The Morgan fingerprint density at radius 3 is 1.85 bits per heavy atom. The minimum absolute atomic E-state index is 0.0739. The molecule has 0 radical (unpaired) electrons. The predicted molar refractivity (Wildman–Crippen MR) is 151 cm³/mol. The van der Waals surface area contributed by atoms with Crippen molar-refractivity contribution < 1.29 is 19.2 Å². The first-order valence-electron chi connectivity index (χ1n) is 13.5. The highest BCUT2D eigenvalue weighted by molar-refractivity contribution is 5.96. The number of hydrogen-bond acceptors (Lipinski definition) is 7. The number of carbonyl (C=O) groups is 2. The van der Waals surface area contributed by atoms with E-state index < -0.39 is 11.0 Å². The molecular weight excluding hydrogens is 510 g/mol. The number of amides is 2. The first-order valence-corrected chi connectivity index (χ1v) is 13.5. The second-order valence-electron chi connectivity index (χ2n) is 9.96. The zero-order chi connectivity index (χ0) is 28.1. The maximum Gasteiger partial charge on any atom is 0.409 e. The van der Waals surface area contributed by atoms with Crippen LogP contribution in [0.4, 0.5) is 16.2 Å². The SMILES string of the molecule is COC(=O)N1CCN(C(=O)c2ccc(N3CCN(C(c4ccccc4)c4ccccc4)CC3)c([N+](=O)[O-])c2)CC1. The Hall–Kier alpha value is -4.44. The minimum Gasteiger partial charge on any atom is -0.453 e. The van der Waals surface area contributed by atoms with Gasteiger partial charge in [0.25, 0.3) is 11.6 Å². The molecule has 2 amide bonds.